The largest absolute Gasteiger partial charge is 0.361 e. The van der Waals surface area contributed by atoms with Crippen LogP contribution in [0, 0.1) is 13.8 Å². The van der Waals surface area contributed by atoms with Gasteiger partial charge in [-0.1, -0.05) is 18.1 Å². The van der Waals surface area contributed by atoms with Crippen LogP contribution in [0.2, 0.25) is 0 Å². The molecule has 0 spiro atoms. The maximum Gasteiger partial charge on any atom is 0.241 e. The van der Waals surface area contributed by atoms with Crippen LogP contribution in [0.15, 0.2) is 40.3 Å². The molecule has 2 atom stereocenters. The topological polar surface area (TPSA) is 103 Å². The van der Waals surface area contributed by atoms with E-state index in [4.69, 9.17) is 4.52 Å². The Kier molecular flexibility index (Phi) is 5.75. The van der Waals surface area contributed by atoms with Crippen LogP contribution in [0.25, 0.3) is 11.1 Å². The quantitative estimate of drug-likeness (QED) is 0.642. The molecule has 1 saturated carbocycles. The number of hydrogen-bond acceptors (Lipinski definition) is 6. The summed E-state index contributed by atoms with van der Waals surface area (Å²) in [5.74, 6) is 0.727. The third kappa shape index (κ3) is 4.04. The molecule has 160 valence electrons. The fraction of sp³-hybridized carbons (Fsp3) is 0.476. The van der Waals surface area contributed by atoms with Crippen molar-refractivity contribution in [2.24, 2.45) is 0 Å². The molecule has 1 aliphatic carbocycles. The first-order chi connectivity index (χ1) is 14.4. The van der Waals surface area contributed by atoms with Crippen LogP contribution in [0.3, 0.4) is 0 Å². The summed E-state index contributed by atoms with van der Waals surface area (Å²) in [5.41, 5.74) is 3.43. The van der Waals surface area contributed by atoms with Crippen molar-refractivity contribution in [3.05, 3.63) is 47.9 Å². The molecule has 1 fully saturated rings. The summed E-state index contributed by atoms with van der Waals surface area (Å²) in [7, 11) is -3.63. The third-order valence-electron chi connectivity index (χ3n) is 5.88. The molecule has 30 heavy (non-hydrogen) atoms. The minimum Gasteiger partial charge on any atom is -0.361 e. The van der Waals surface area contributed by atoms with E-state index in [1.807, 2.05) is 37.5 Å². The molecule has 0 aliphatic heterocycles. The lowest BCUT2D eigenvalue weighted by molar-refractivity contribution is 0.305. The van der Waals surface area contributed by atoms with Crippen LogP contribution in [0.1, 0.15) is 55.7 Å². The lowest BCUT2D eigenvalue weighted by Gasteiger charge is -2.30. The molecular weight excluding hydrogens is 402 g/mol. The summed E-state index contributed by atoms with van der Waals surface area (Å²) in [6.07, 6.45) is 7.53. The Morgan fingerprint density at radius 3 is 2.63 bits per heavy atom. The summed E-state index contributed by atoms with van der Waals surface area (Å²) in [5, 5.41) is 11.8. The monoisotopic (exact) mass is 429 g/mol. The van der Waals surface area contributed by atoms with Gasteiger partial charge in [-0.2, -0.15) is 0 Å². The van der Waals surface area contributed by atoms with E-state index < -0.39 is 10.0 Å². The standard InChI is InChI=1S/C21H27N5O3S/c1-4-16-10-17(21-14(2)24-29-15(21)3)8-9-20(16)30(27,28)25-18-6-5-7-19(11-18)26-12-22-23-13-26/h8-10,12-13,18-19,25H,4-7,11H2,1-3H3. The molecule has 0 bridgehead atoms. The summed E-state index contributed by atoms with van der Waals surface area (Å²) in [6, 6.07) is 5.57. The van der Waals surface area contributed by atoms with Crippen molar-refractivity contribution in [2.45, 2.75) is 69.9 Å². The average molecular weight is 430 g/mol. The fourth-order valence-electron chi connectivity index (χ4n) is 4.39. The van der Waals surface area contributed by atoms with E-state index in [0.29, 0.717) is 11.3 Å². The average Bonchev–Trinajstić information content (AvgIpc) is 3.37. The highest BCUT2D eigenvalue weighted by Gasteiger charge is 2.28. The normalized spacial score (nSPS) is 19.8. The summed E-state index contributed by atoms with van der Waals surface area (Å²) >= 11 is 0. The zero-order valence-electron chi connectivity index (χ0n) is 17.5. The number of aromatic nitrogens is 4. The van der Waals surface area contributed by atoms with Crippen LogP contribution in [0.4, 0.5) is 0 Å². The molecule has 2 unspecified atom stereocenters. The highest BCUT2D eigenvalue weighted by Crippen LogP contribution is 2.32. The second kappa shape index (κ2) is 8.31. The lowest BCUT2D eigenvalue weighted by atomic mass is 9.91. The first kappa shape index (κ1) is 20.7. The Balaban J connectivity index is 1.58. The predicted molar refractivity (Wildman–Crippen MR) is 112 cm³/mol. The molecule has 2 aromatic heterocycles. The van der Waals surface area contributed by atoms with Gasteiger partial charge in [0.2, 0.25) is 10.0 Å². The van der Waals surface area contributed by atoms with Crippen molar-refractivity contribution in [2.75, 3.05) is 0 Å². The first-order valence-electron chi connectivity index (χ1n) is 10.3. The smallest absolute Gasteiger partial charge is 0.241 e. The van der Waals surface area contributed by atoms with Crippen LogP contribution in [0.5, 0.6) is 0 Å². The van der Waals surface area contributed by atoms with Gasteiger partial charge in [0.15, 0.2) is 0 Å². The van der Waals surface area contributed by atoms with Crippen LogP contribution in [-0.4, -0.2) is 34.4 Å². The third-order valence-corrected chi connectivity index (χ3v) is 7.50. The molecule has 1 aliphatic rings. The Morgan fingerprint density at radius 2 is 1.97 bits per heavy atom. The highest BCUT2D eigenvalue weighted by atomic mass is 32.2. The van der Waals surface area contributed by atoms with Gasteiger partial charge < -0.3 is 9.09 Å². The van der Waals surface area contributed by atoms with Gasteiger partial charge in [-0.15, -0.1) is 10.2 Å². The molecule has 4 rings (SSSR count). The van der Waals surface area contributed by atoms with Gasteiger partial charge in [0.25, 0.3) is 0 Å². The zero-order chi connectivity index (χ0) is 21.3. The first-order valence-corrected chi connectivity index (χ1v) is 11.8. The summed E-state index contributed by atoms with van der Waals surface area (Å²) in [4.78, 5) is 0.340. The van der Waals surface area contributed by atoms with Gasteiger partial charge in [-0.05, 0) is 69.2 Å². The molecule has 0 saturated heterocycles. The summed E-state index contributed by atoms with van der Waals surface area (Å²) < 4.78 is 36.6. The molecule has 0 radical (unpaired) electrons. The van der Waals surface area contributed by atoms with E-state index in [2.05, 4.69) is 20.1 Å². The van der Waals surface area contributed by atoms with Crippen LogP contribution >= 0.6 is 0 Å². The molecule has 1 N–H and O–H groups in total. The van der Waals surface area contributed by atoms with Gasteiger partial charge in [-0.3, -0.25) is 0 Å². The number of nitrogens with zero attached hydrogens (tertiary/aromatic N) is 4. The highest BCUT2D eigenvalue weighted by molar-refractivity contribution is 7.89. The summed E-state index contributed by atoms with van der Waals surface area (Å²) in [6.45, 7) is 5.72. The van der Waals surface area contributed by atoms with Crippen molar-refractivity contribution in [3.63, 3.8) is 0 Å². The van der Waals surface area contributed by atoms with Gasteiger partial charge in [0, 0.05) is 17.6 Å². The van der Waals surface area contributed by atoms with Crippen molar-refractivity contribution in [1.29, 1.82) is 0 Å². The van der Waals surface area contributed by atoms with E-state index in [9.17, 15) is 8.42 Å². The Labute approximate surface area is 176 Å². The fourth-order valence-corrected chi connectivity index (χ4v) is 5.97. The van der Waals surface area contributed by atoms with E-state index in [-0.39, 0.29) is 12.1 Å². The zero-order valence-corrected chi connectivity index (χ0v) is 18.3. The molecular formula is C21H27N5O3S. The number of rotatable bonds is 6. The number of hydrogen-bond donors (Lipinski definition) is 1. The maximum atomic E-state index is 13.2. The number of aryl methyl sites for hydroxylation is 3. The minimum absolute atomic E-state index is 0.108. The van der Waals surface area contributed by atoms with E-state index in [0.717, 1.165) is 53.8 Å². The van der Waals surface area contributed by atoms with Crippen molar-refractivity contribution < 1.29 is 12.9 Å². The number of benzene rings is 1. The van der Waals surface area contributed by atoms with Crippen molar-refractivity contribution >= 4 is 10.0 Å². The Morgan fingerprint density at radius 1 is 1.20 bits per heavy atom. The van der Waals surface area contributed by atoms with E-state index >= 15 is 0 Å². The number of nitrogens with one attached hydrogen (secondary N) is 1. The molecule has 8 nitrogen and oxygen atoms in total. The van der Waals surface area contributed by atoms with Crippen molar-refractivity contribution in [1.82, 2.24) is 24.6 Å². The number of sulfonamides is 1. The molecule has 9 heteroatoms. The van der Waals surface area contributed by atoms with Gasteiger partial charge >= 0.3 is 0 Å². The molecule has 2 heterocycles. The lowest BCUT2D eigenvalue weighted by Crippen LogP contribution is -2.39. The van der Waals surface area contributed by atoms with Gasteiger partial charge in [0.05, 0.1) is 10.6 Å². The SMILES string of the molecule is CCc1cc(-c2c(C)noc2C)ccc1S(=O)(=O)NC1CCCC(n2cnnc2)C1. The Hall–Kier alpha value is -2.52. The molecule has 3 aromatic rings. The van der Waals surface area contributed by atoms with Crippen LogP contribution in [-0.2, 0) is 16.4 Å². The second-order valence-electron chi connectivity index (χ2n) is 7.92. The molecule has 0 amide bonds. The minimum atomic E-state index is -3.63. The Bertz CT molecular complexity index is 1100. The predicted octanol–water partition coefficient (Wildman–Crippen LogP) is 3.57. The van der Waals surface area contributed by atoms with E-state index in [1.165, 1.54) is 0 Å². The van der Waals surface area contributed by atoms with Crippen LogP contribution < -0.4 is 4.72 Å². The van der Waals surface area contributed by atoms with Gasteiger partial charge in [0.1, 0.15) is 18.4 Å². The van der Waals surface area contributed by atoms with Crippen molar-refractivity contribution in [3.8, 4) is 11.1 Å². The molecule has 1 aromatic carbocycles. The second-order valence-corrected chi connectivity index (χ2v) is 9.61. The van der Waals surface area contributed by atoms with E-state index in [1.54, 1.807) is 18.7 Å². The van der Waals surface area contributed by atoms with Gasteiger partial charge in [-0.25, -0.2) is 13.1 Å². The maximum absolute atomic E-state index is 13.2.